The van der Waals surface area contributed by atoms with Crippen molar-refractivity contribution in [1.82, 2.24) is 10.6 Å². The lowest BCUT2D eigenvalue weighted by atomic mass is 10.0. The highest BCUT2D eigenvalue weighted by Crippen LogP contribution is 2.23. The first-order valence-corrected chi connectivity index (χ1v) is 8.77. The fraction of sp³-hybridized carbons (Fsp3) is 0.923. The molecule has 8 heteroatoms. The first kappa shape index (κ1) is 20.9. The standard InChI is InChI=1S/C13H27N3O3S.HI/c1-12(2,20(5,17)18)9-15-11(14-4)16-10-13(3)7-6-8-19-13;/h6-10H2,1-5H3,(H2,14,15,16);1H. The molecule has 126 valence electrons. The Bertz CT molecular complexity index is 457. The highest BCUT2D eigenvalue weighted by molar-refractivity contribution is 14.0. The van der Waals surface area contributed by atoms with Crippen molar-refractivity contribution < 1.29 is 13.2 Å². The third-order valence-electron chi connectivity index (χ3n) is 3.84. The van der Waals surface area contributed by atoms with Crippen LogP contribution in [0.3, 0.4) is 0 Å². The summed E-state index contributed by atoms with van der Waals surface area (Å²) in [5, 5.41) is 6.26. The van der Waals surface area contributed by atoms with E-state index in [1.165, 1.54) is 6.26 Å². The predicted molar refractivity (Wildman–Crippen MR) is 97.3 cm³/mol. The van der Waals surface area contributed by atoms with Gasteiger partial charge >= 0.3 is 0 Å². The zero-order valence-corrected chi connectivity index (χ0v) is 16.7. The van der Waals surface area contributed by atoms with Gasteiger partial charge in [-0.15, -0.1) is 24.0 Å². The van der Waals surface area contributed by atoms with Crippen LogP contribution in [0, 0.1) is 0 Å². The number of hydrogen-bond acceptors (Lipinski definition) is 4. The quantitative estimate of drug-likeness (QED) is 0.387. The Balaban J connectivity index is 0.00000400. The van der Waals surface area contributed by atoms with Gasteiger partial charge in [0, 0.05) is 33.0 Å². The second kappa shape index (κ2) is 7.96. The van der Waals surface area contributed by atoms with E-state index >= 15 is 0 Å². The van der Waals surface area contributed by atoms with E-state index in [0.717, 1.165) is 19.4 Å². The van der Waals surface area contributed by atoms with Crippen LogP contribution in [0.5, 0.6) is 0 Å². The lowest BCUT2D eigenvalue weighted by Gasteiger charge is -2.27. The third-order valence-corrected chi connectivity index (χ3v) is 5.99. The fourth-order valence-electron chi connectivity index (χ4n) is 1.90. The van der Waals surface area contributed by atoms with Crippen LogP contribution in [-0.4, -0.2) is 57.7 Å². The van der Waals surface area contributed by atoms with Gasteiger partial charge in [-0.25, -0.2) is 8.42 Å². The van der Waals surface area contributed by atoms with Crippen LogP contribution in [0.1, 0.15) is 33.6 Å². The van der Waals surface area contributed by atoms with Gasteiger partial charge < -0.3 is 15.4 Å². The molecular formula is C13H28IN3O3S. The summed E-state index contributed by atoms with van der Waals surface area (Å²) in [6.07, 6.45) is 3.34. The Hall–Kier alpha value is -0.0900. The first-order valence-electron chi connectivity index (χ1n) is 6.88. The number of guanidine groups is 1. The van der Waals surface area contributed by atoms with Gasteiger partial charge in [0.05, 0.1) is 10.3 Å². The van der Waals surface area contributed by atoms with Gasteiger partial charge in [0.15, 0.2) is 15.8 Å². The predicted octanol–water partition coefficient (Wildman–Crippen LogP) is 1.16. The number of rotatable bonds is 5. The molecule has 1 rings (SSSR count). The van der Waals surface area contributed by atoms with E-state index < -0.39 is 14.6 Å². The zero-order chi connectivity index (χ0) is 15.4. The number of aliphatic imine (C=N–C) groups is 1. The summed E-state index contributed by atoms with van der Waals surface area (Å²) in [7, 11) is -1.45. The van der Waals surface area contributed by atoms with E-state index in [4.69, 9.17) is 4.74 Å². The highest BCUT2D eigenvalue weighted by atomic mass is 127. The van der Waals surface area contributed by atoms with Crippen LogP contribution in [0.25, 0.3) is 0 Å². The van der Waals surface area contributed by atoms with Crippen LogP contribution in [0.2, 0.25) is 0 Å². The van der Waals surface area contributed by atoms with Gasteiger partial charge in [0.1, 0.15) is 0 Å². The number of nitrogens with zero attached hydrogens (tertiary/aromatic N) is 1. The summed E-state index contributed by atoms with van der Waals surface area (Å²) in [6, 6.07) is 0. The molecule has 0 aromatic rings. The Labute approximate surface area is 145 Å². The molecule has 1 unspecified atom stereocenters. The summed E-state index contributed by atoms with van der Waals surface area (Å²) < 4.78 is 28.2. The lowest BCUT2D eigenvalue weighted by molar-refractivity contribution is 0.0243. The Morgan fingerprint density at radius 3 is 2.43 bits per heavy atom. The molecule has 1 fully saturated rings. The van der Waals surface area contributed by atoms with Crippen LogP contribution in [0.4, 0.5) is 0 Å². The highest BCUT2D eigenvalue weighted by Gasteiger charge is 2.31. The SMILES string of the molecule is CN=C(NCC1(C)CCCO1)NCC(C)(C)S(C)(=O)=O.I. The Kier molecular flexibility index (Phi) is 7.92. The van der Waals surface area contributed by atoms with Crippen LogP contribution in [0.15, 0.2) is 4.99 Å². The molecule has 1 heterocycles. The first-order chi connectivity index (χ1) is 9.10. The van der Waals surface area contributed by atoms with E-state index in [-0.39, 0.29) is 29.6 Å². The minimum Gasteiger partial charge on any atom is -0.373 e. The van der Waals surface area contributed by atoms with Gasteiger partial charge in [-0.2, -0.15) is 0 Å². The molecule has 0 aromatic heterocycles. The average molecular weight is 433 g/mol. The molecule has 21 heavy (non-hydrogen) atoms. The van der Waals surface area contributed by atoms with Crippen molar-refractivity contribution in [3.63, 3.8) is 0 Å². The summed E-state index contributed by atoms with van der Waals surface area (Å²) in [6.45, 7) is 7.23. The van der Waals surface area contributed by atoms with E-state index in [2.05, 4.69) is 22.5 Å². The number of sulfone groups is 1. The second-order valence-corrected chi connectivity index (χ2v) is 8.86. The number of ether oxygens (including phenoxy) is 1. The molecule has 0 radical (unpaired) electrons. The summed E-state index contributed by atoms with van der Waals surface area (Å²) in [4.78, 5) is 4.11. The van der Waals surface area contributed by atoms with Gasteiger partial charge in [-0.1, -0.05) is 0 Å². The zero-order valence-electron chi connectivity index (χ0n) is 13.5. The minimum absolute atomic E-state index is 0. The van der Waals surface area contributed by atoms with Crippen LogP contribution < -0.4 is 10.6 Å². The molecule has 0 amide bonds. The summed E-state index contributed by atoms with van der Waals surface area (Å²) in [5.74, 6) is 0.596. The third kappa shape index (κ3) is 6.27. The Morgan fingerprint density at radius 2 is 2.00 bits per heavy atom. The van der Waals surface area contributed by atoms with Gasteiger partial charge in [-0.3, -0.25) is 4.99 Å². The van der Waals surface area contributed by atoms with Crippen LogP contribution in [-0.2, 0) is 14.6 Å². The molecule has 1 saturated heterocycles. The molecule has 6 nitrogen and oxygen atoms in total. The van der Waals surface area contributed by atoms with E-state index in [1.54, 1.807) is 20.9 Å². The average Bonchev–Trinajstić information content (AvgIpc) is 2.75. The summed E-state index contributed by atoms with van der Waals surface area (Å²) in [5.41, 5.74) is -0.163. The molecule has 1 aliphatic rings. The molecular weight excluding hydrogens is 405 g/mol. The second-order valence-electron chi connectivity index (χ2n) is 6.21. The van der Waals surface area contributed by atoms with Gasteiger partial charge in [0.2, 0.25) is 0 Å². The molecule has 1 aliphatic heterocycles. The summed E-state index contributed by atoms with van der Waals surface area (Å²) >= 11 is 0. The van der Waals surface area contributed by atoms with Gasteiger partial charge in [0.25, 0.3) is 0 Å². The van der Waals surface area contributed by atoms with Crippen molar-refractivity contribution in [2.75, 3.05) is 33.0 Å². The van der Waals surface area contributed by atoms with Crippen molar-refractivity contribution in [3.8, 4) is 0 Å². The molecule has 0 saturated carbocycles. The maximum atomic E-state index is 11.7. The molecule has 0 bridgehead atoms. The molecule has 0 aromatic carbocycles. The maximum absolute atomic E-state index is 11.7. The largest absolute Gasteiger partial charge is 0.373 e. The fourth-order valence-corrected chi connectivity index (χ4v) is 2.23. The number of nitrogens with one attached hydrogen (secondary N) is 2. The Morgan fingerprint density at radius 1 is 1.38 bits per heavy atom. The molecule has 0 aliphatic carbocycles. The smallest absolute Gasteiger partial charge is 0.191 e. The maximum Gasteiger partial charge on any atom is 0.191 e. The monoisotopic (exact) mass is 433 g/mol. The van der Waals surface area contributed by atoms with Crippen molar-refractivity contribution >= 4 is 39.8 Å². The van der Waals surface area contributed by atoms with E-state index in [0.29, 0.717) is 19.0 Å². The van der Waals surface area contributed by atoms with Crippen molar-refractivity contribution in [2.24, 2.45) is 4.99 Å². The van der Waals surface area contributed by atoms with Crippen molar-refractivity contribution in [1.29, 1.82) is 0 Å². The molecule has 2 N–H and O–H groups in total. The normalized spacial score (nSPS) is 23.6. The molecule has 0 spiro atoms. The minimum atomic E-state index is -3.12. The topological polar surface area (TPSA) is 79.8 Å². The van der Waals surface area contributed by atoms with E-state index in [1.807, 2.05) is 0 Å². The van der Waals surface area contributed by atoms with E-state index in [9.17, 15) is 8.42 Å². The van der Waals surface area contributed by atoms with Gasteiger partial charge in [-0.05, 0) is 33.6 Å². The van der Waals surface area contributed by atoms with Crippen molar-refractivity contribution in [2.45, 2.75) is 44.0 Å². The van der Waals surface area contributed by atoms with Crippen LogP contribution >= 0.6 is 24.0 Å². The van der Waals surface area contributed by atoms with Crippen molar-refractivity contribution in [3.05, 3.63) is 0 Å². The number of hydrogen-bond donors (Lipinski definition) is 2. The lowest BCUT2D eigenvalue weighted by Crippen LogP contribution is -2.50. The number of halogens is 1. The molecule has 1 atom stereocenters.